The largest absolute Gasteiger partial charge is 0.304 e. The maximum Gasteiger partial charge on any atom is 0.0590 e. The number of nitrogens with one attached hydrogen (secondary N) is 1. The van der Waals surface area contributed by atoms with Gasteiger partial charge in [0, 0.05) is 6.04 Å². The molecule has 1 nitrogen and oxygen atoms in total. The molecule has 96 valence electrons. The average Bonchev–Trinajstić information content (AvgIpc) is 2.57. The molecule has 0 heterocycles. The monoisotopic (exact) mass is 249 g/mol. The van der Waals surface area contributed by atoms with E-state index in [0.717, 1.165) is 0 Å². The van der Waals surface area contributed by atoms with Gasteiger partial charge in [-0.15, -0.1) is 0 Å². The predicted molar refractivity (Wildman–Crippen MR) is 81.9 cm³/mol. The Kier molecular flexibility index (Phi) is 3.22. The second-order valence-corrected chi connectivity index (χ2v) is 5.35. The standard InChI is InChI=1S/C18H19N/c1-13(2)19-18-16-9-5-3-7-14(16)11-12-15-8-4-6-10-17(15)18/h3-13,18-19H,1-2H3. The summed E-state index contributed by atoms with van der Waals surface area (Å²) in [4.78, 5) is 0. The lowest BCUT2D eigenvalue weighted by Crippen LogP contribution is -2.29. The zero-order chi connectivity index (χ0) is 13.2. The smallest absolute Gasteiger partial charge is 0.0590 e. The molecular formula is C18H19N. The van der Waals surface area contributed by atoms with Crippen molar-refractivity contribution in [1.82, 2.24) is 5.32 Å². The zero-order valence-electron chi connectivity index (χ0n) is 11.4. The lowest BCUT2D eigenvalue weighted by atomic mass is 9.93. The SMILES string of the molecule is CC(C)NC1c2ccccc2C=Cc2ccccc21. The van der Waals surface area contributed by atoms with E-state index in [4.69, 9.17) is 0 Å². The summed E-state index contributed by atoms with van der Waals surface area (Å²) in [5.74, 6) is 0. The first-order valence-electron chi connectivity index (χ1n) is 6.87. The van der Waals surface area contributed by atoms with E-state index in [9.17, 15) is 0 Å². The van der Waals surface area contributed by atoms with Gasteiger partial charge in [-0.2, -0.15) is 0 Å². The Morgan fingerprint density at radius 3 is 1.74 bits per heavy atom. The van der Waals surface area contributed by atoms with Crippen LogP contribution in [0.15, 0.2) is 48.5 Å². The predicted octanol–water partition coefficient (Wildman–Crippen LogP) is 4.26. The van der Waals surface area contributed by atoms with E-state index in [1.54, 1.807) is 0 Å². The highest BCUT2D eigenvalue weighted by atomic mass is 14.9. The summed E-state index contributed by atoms with van der Waals surface area (Å²) in [5.41, 5.74) is 5.32. The summed E-state index contributed by atoms with van der Waals surface area (Å²) in [5, 5.41) is 3.69. The number of rotatable bonds is 2. The van der Waals surface area contributed by atoms with Crippen LogP contribution in [-0.2, 0) is 0 Å². The van der Waals surface area contributed by atoms with Crippen LogP contribution in [0.4, 0.5) is 0 Å². The van der Waals surface area contributed by atoms with Gasteiger partial charge in [-0.3, -0.25) is 0 Å². The Bertz CT molecular complexity index is 561. The van der Waals surface area contributed by atoms with Gasteiger partial charge in [-0.25, -0.2) is 0 Å². The highest BCUT2D eigenvalue weighted by Gasteiger charge is 2.21. The molecule has 0 radical (unpaired) electrons. The summed E-state index contributed by atoms with van der Waals surface area (Å²) in [6.07, 6.45) is 4.44. The van der Waals surface area contributed by atoms with E-state index < -0.39 is 0 Å². The average molecular weight is 249 g/mol. The normalized spacial score (nSPS) is 14.1. The van der Waals surface area contributed by atoms with Gasteiger partial charge in [-0.05, 0) is 36.1 Å². The minimum Gasteiger partial charge on any atom is -0.304 e. The fourth-order valence-corrected chi connectivity index (χ4v) is 2.71. The highest BCUT2D eigenvalue weighted by molar-refractivity contribution is 5.76. The first kappa shape index (κ1) is 12.2. The molecule has 0 aromatic heterocycles. The third-order valence-electron chi connectivity index (χ3n) is 3.56. The summed E-state index contributed by atoms with van der Waals surface area (Å²) in [6.45, 7) is 4.40. The molecule has 2 aromatic carbocycles. The molecule has 0 amide bonds. The summed E-state index contributed by atoms with van der Waals surface area (Å²) >= 11 is 0. The van der Waals surface area contributed by atoms with Gasteiger partial charge in [0.25, 0.3) is 0 Å². The lowest BCUT2D eigenvalue weighted by Gasteiger charge is -2.24. The molecule has 3 rings (SSSR count). The van der Waals surface area contributed by atoms with Crippen molar-refractivity contribution < 1.29 is 0 Å². The molecule has 0 spiro atoms. The lowest BCUT2D eigenvalue weighted by molar-refractivity contribution is 0.528. The summed E-state index contributed by atoms with van der Waals surface area (Å²) in [7, 11) is 0. The number of hydrogen-bond acceptors (Lipinski definition) is 1. The second-order valence-electron chi connectivity index (χ2n) is 5.35. The van der Waals surface area contributed by atoms with Crippen molar-refractivity contribution >= 4 is 12.2 Å². The molecule has 0 bridgehead atoms. The van der Waals surface area contributed by atoms with Crippen LogP contribution in [-0.4, -0.2) is 6.04 Å². The van der Waals surface area contributed by atoms with Gasteiger partial charge in [0.1, 0.15) is 0 Å². The summed E-state index contributed by atoms with van der Waals surface area (Å²) in [6, 6.07) is 18.0. The van der Waals surface area contributed by atoms with Crippen molar-refractivity contribution in [2.24, 2.45) is 0 Å². The van der Waals surface area contributed by atoms with Crippen LogP contribution in [0.1, 0.15) is 42.1 Å². The number of fused-ring (bicyclic) bond motifs is 2. The van der Waals surface area contributed by atoms with E-state index in [0.29, 0.717) is 6.04 Å². The van der Waals surface area contributed by atoms with Crippen LogP contribution in [0.25, 0.3) is 12.2 Å². The molecule has 19 heavy (non-hydrogen) atoms. The Labute approximate surface area is 115 Å². The number of hydrogen-bond donors (Lipinski definition) is 1. The number of benzene rings is 2. The second kappa shape index (κ2) is 5.02. The van der Waals surface area contributed by atoms with Crippen LogP contribution in [0.2, 0.25) is 0 Å². The molecule has 0 saturated heterocycles. The fraction of sp³-hybridized carbons (Fsp3) is 0.222. The third-order valence-corrected chi connectivity index (χ3v) is 3.56. The maximum absolute atomic E-state index is 3.69. The van der Waals surface area contributed by atoms with Gasteiger partial charge in [0.15, 0.2) is 0 Å². The molecular weight excluding hydrogens is 230 g/mol. The van der Waals surface area contributed by atoms with E-state index in [-0.39, 0.29) is 6.04 Å². The molecule has 0 atom stereocenters. The Hall–Kier alpha value is -1.86. The molecule has 1 heteroatoms. The van der Waals surface area contributed by atoms with Crippen LogP contribution >= 0.6 is 0 Å². The summed E-state index contributed by atoms with van der Waals surface area (Å²) < 4.78 is 0. The van der Waals surface area contributed by atoms with Gasteiger partial charge in [0.2, 0.25) is 0 Å². The van der Waals surface area contributed by atoms with Gasteiger partial charge in [-0.1, -0.05) is 60.7 Å². The minimum absolute atomic E-state index is 0.266. The molecule has 0 unspecified atom stereocenters. The Morgan fingerprint density at radius 2 is 1.26 bits per heavy atom. The van der Waals surface area contributed by atoms with Crippen LogP contribution in [0.5, 0.6) is 0 Å². The molecule has 0 fully saturated rings. The van der Waals surface area contributed by atoms with Crippen LogP contribution in [0.3, 0.4) is 0 Å². The van der Waals surface area contributed by atoms with Gasteiger partial charge < -0.3 is 5.32 Å². The molecule has 0 aliphatic heterocycles. The van der Waals surface area contributed by atoms with Crippen molar-refractivity contribution in [2.45, 2.75) is 25.9 Å². The molecule has 2 aromatic rings. The van der Waals surface area contributed by atoms with Crippen molar-refractivity contribution in [1.29, 1.82) is 0 Å². The van der Waals surface area contributed by atoms with Crippen LogP contribution in [0, 0.1) is 0 Å². The Morgan fingerprint density at radius 1 is 0.789 bits per heavy atom. The first-order valence-corrected chi connectivity index (χ1v) is 6.87. The zero-order valence-corrected chi connectivity index (χ0v) is 11.4. The molecule has 1 aliphatic rings. The van der Waals surface area contributed by atoms with Crippen molar-refractivity contribution in [3.05, 3.63) is 70.8 Å². The van der Waals surface area contributed by atoms with Crippen molar-refractivity contribution in [3.63, 3.8) is 0 Å². The molecule has 0 saturated carbocycles. The quantitative estimate of drug-likeness (QED) is 0.838. The van der Waals surface area contributed by atoms with Gasteiger partial charge >= 0.3 is 0 Å². The highest BCUT2D eigenvalue weighted by Crippen LogP contribution is 2.32. The van der Waals surface area contributed by atoms with Crippen molar-refractivity contribution in [3.8, 4) is 0 Å². The van der Waals surface area contributed by atoms with E-state index in [2.05, 4.69) is 79.8 Å². The van der Waals surface area contributed by atoms with E-state index in [1.807, 2.05) is 0 Å². The Balaban J connectivity index is 2.18. The molecule has 1 N–H and O–H groups in total. The van der Waals surface area contributed by atoms with Crippen LogP contribution < -0.4 is 5.32 Å². The fourth-order valence-electron chi connectivity index (χ4n) is 2.71. The third kappa shape index (κ3) is 2.34. The first-order chi connectivity index (χ1) is 9.25. The topological polar surface area (TPSA) is 12.0 Å². The van der Waals surface area contributed by atoms with E-state index >= 15 is 0 Å². The molecule has 1 aliphatic carbocycles. The van der Waals surface area contributed by atoms with Crippen molar-refractivity contribution in [2.75, 3.05) is 0 Å². The maximum atomic E-state index is 3.69. The van der Waals surface area contributed by atoms with E-state index in [1.165, 1.54) is 22.3 Å². The van der Waals surface area contributed by atoms with Gasteiger partial charge in [0.05, 0.1) is 6.04 Å². The minimum atomic E-state index is 0.266.